The van der Waals surface area contributed by atoms with E-state index in [0.29, 0.717) is 56.0 Å². The number of benzene rings is 1. The predicted molar refractivity (Wildman–Crippen MR) is 155 cm³/mol. The van der Waals surface area contributed by atoms with E-state index in [2.05, 4.69) is 15.9 Å². The van der Waals surface area contributed by atoms with Crippen LogP contribution in [0.25, 0.3) is 0 Å². The number of nitriles is 1. The summed E-state index contributed by atoms with van der Waals surface area (Å²) >= 11 is 6.56. The first-order chi connectivity index (χ1) is 20.3. The molecule has 5 aliphatic rings. The maximum absolute atomic E-state index is 15.7. The molecule has 1 aromatic carbocycles. The number of halogens is 3. The second kappa shape index (κ2) is 10.8. The van der Waals surface area contributed by atoms with Crippen LogP contribution in [0.5, 0.6) is 6.01 Å². The van der Waals surface area contributed by atoms with Gasteiger partial charge in [-0.1, -0.05) is 11.6 Å². The van der Waals surface area contributed by atoms with Gasteiger partial charge in [-0.15, -0.1) is 0 Å². The van der Waals surface area contributed by atoms with Crippen molar-refractivity contribution in [2.45, 2.75) is 88.1 Å². The number of nitrogens with two attached hydrogens (primary N) is 1. The minimum atomic E-state index is -0.939. The Kier molecular flexibility index (Phi) is 7.19. The second-order valence-electron chi connectivity index (χ2n) is 12.8. The fourth-order valence-corrected chi connectivity index (χ4v) is 8.44. The van der Waals surface area contributed by atoms with Crippen LogP contribution in [-0.4, -0.2) is 59.4 Å². The Bertz CT molecular complexity index is 1440. The highest BCUT2D eigenvalue weighted by atomic mass is 35.5. The first-order valence-corrected chi connectivity index (χ1v) is 15.7. The van der Waals surface area contributed by atoms with Gasteiger partial charge in [0.05, 0.1) is 29.6 Å². The van der Waals surface area contributed by atoms with Crippen molar-refractivity contribution in [3.63, 3.8) is 0 Å². The Morgan fingerprint density at radius 2 is 2.05 bits per heavy atom. The fourth-order valence-electron chi connectivity index (χ4n) is 8.13. The Balaban J connectivity index is 1.26. The largest absolute Gasteiger partial charge is 0.461 e. The molecule has 0 saturated carbocycles. The SMILES string of the molecule is N#CC1CCCN(c2nc(OCC34CCCN3CC(F)C4)nc3c2COC2(CCCc4c(Cl)cc(N)c(F)c42)C3)CC1. The van der Waals surface area contributed by atoms with Gasteiger partial charge < -0.3 is 20.1 Å². The standard InChI is InChI=1S/C31H37ClF2N6O2/c32-23-12-24(36)27(34)26-21(23)5-1-8-31(26)14-25-22(17-42-31)28(39-9-2-4-19(15-35)6-11-39)38-29(37-25)41-18-30-7-3-10-40(30)16-20(33)13-30/h12,19-20H,1-11,13-14,16-18,36H2. The number of alkyl halides is 1. The molecule has 224 valence electrons. The monoisotopic (exact) mass is 598 g/mol. The zero-order chi connectivity index (χ0) is 29.1. The summed E-state index contributed by atoms with van der Waals surface area (Å²) in [4.78, 5) is 14.3. The molecule has 4 unspecified atom stereocenters. The highest BCUT2D eigenvalue weighted by Crippen LogP contribution is 2.49. The van der Waals surface area contributed by atoms with E-state index in [-0.39, 0.29) is 29.8 Å². The Labute approximate surface area is 250 Å². The highest BCUT2D eigenvalue weighted by molar-refractivity contribution is 6.31. The Morgan fingerprint density at radius 1 is 1.17 bits per heavy atom. The van der Waals surface area contributed by atoms with Crippen LogP contribution >= 0.6 is 11.6 Å². The molecule has 3 fully saturated rings. The number of rotatable bonds is 4. The second-order valence-corrected chi connectivity index (χ2v) is 13.2. The van der Waals surface area contributed by atoms with Gasteiger partial charge >= 0.3 is 6.01 Å². The number of anilines is 2. The minimum Gasteiger partial charge on any atom is -0.461 e. The van der Waals surface area contributed by atoms with Gasteiger partial charge in [0, 0.05) is 54.5 Å². The number of nitrogens with zero attached hydrogens (tertiary/aromatic N) is 5. The lowest BCUT2D eigenvalue weighted by molar-refractivity contribution is -0.0876. The summed E-state index contributed by atoms with van der Waals surface area (Å²) in [7, 11) is 0. The minimum absolute atomic E-state index is 0.0153. The molecule has 42 heavy (non-hydrogen) atoms. The number of hydrogen-bond acceptors (Lipinski definition) is 8. The van der Waals surface area contributed by atoms with E-state index in [0.717, 1.165) is 74.3 Å². The van der Waals surface area contributed by atoms with Crippen molar-refractivity contribution in [1.82, 2.24) is 14.9 Å². The quantitative estimate of drug-likeness (QED) is 0.477. The average Bonchev–Trinajstić information content (AvgIpc) is 3.38. The van der Waals surface area contributed by atoms with Gasteiger partial charge in [-0.05, 0) is 69.5 Å². The number of aromatic nitrogens is 2. The molecule has 8 nitrogen and oxygen atoms in total. The molecule has 0 radical (unpaired) electrons. The Hall–Kier alpha value is -2.74. The van der Waals surface area contributed by atoms with E-state index >= 15 is 4.39 Å². The summed E-state index contributed by atoms with van der Waals surface area (Å²) in [6.45, 7) is 3.33. The van der Waals surface area contributed by atoms with Crippen LogP contribution in [0.15, 0.2) is 6.07 Å². The van der Waals surface area contributed by atoms with Crippen LogP contribution in [0.1, 0.15) is 73.8 Å². The van der Waals surface area contributed by atoms with Crippen molar-refractivity contribution in [1.29, 1.82) is 5.26 Å². The number of nitrogen functional groups attached to an aromatic ring is 1. The lowest BCUT2D eigenvalue weighted by Gasteiger charge is -2.43. The van der Waals surface area contributed by atoms with Crippen LogP contribution in [0.4, 0.5) is 20.3 Å². The maximum atomic E-state index is 15.7. The molecule has 1 aliphatic carbocycles. The molecule has 2 N–H and O–H groups in total. The molecule has 7 rings (SSSR count). The van der Waals surface area contributed by atoms with E-state index in [9.17, 15) is 9.65 Å². The molecule has 5 heterocycles. The van der Waals surface area contributed by atoms with Crippen LogP contribution < -0.4 is 15.4 Å². The molecule has 3 saturated heterocycles. The van der Waals surface area contributed by atoms with E-state index in [4.69, 9.17) is 36.8 Å². The molecule has 4 atom stereocenters. The van der Waals surface area contributed by atoms with Crippen molar-refractivity contribution in [2.24, 2.45) is 5.92 Å². The Morgan fingerprint density at radius 3 is 2.90 bits per heavy atom. The molecule has 0 amide bonds. The van der Waals surface area contributed by atoms with E-state index in [1.165, 1.54) is 6.07 Å². The molecule has 0 bridgehead atoms. The normalized spacial score (nSPS) is 30.9. The van der Waals surface area contributed by atoms with Gasteiger partial charge in [0.1, 0.15) is 24.2 Å². The fraction of sp³-hybridized carbons (Fsp3) is 0.645. The number of ether oxygens (including phenoxy) is 2. The van der Waals surface area contributed by atoms with Gasteiger partial charge in [-0.25, -0.2) is 8.78 Å². The van der Waals surface area contributed by atoms with Gasteiger partial charge in [0.2, 0.25) is 0 Å². The highest BCUT2D eigenvalue weighted by Gasteiger charge is 2.50. The van der Waals surface area contributed by atoms with E-state index < -0.39 is 17.6 Å². The lowest BCUT2D eigenvalue weighted by atomic mass is 9.74. The predicted octanol–water partition coefficient (Wildman–Crippen LogP) is 5.24. The number of hydrogen-bond donors (Lipinski definition) is 1. The summed E-state index contributed by atoms with van der Waals surface area (Å²) in [5, 5.41) is 10.0. The van der Waals surface area contributed by atoms with Crippen molar-refractivity contribution in [3.05, 3.63) is 39.3 Å². The van der Waals surface area contributed by atoms with Gasteiger partial charge in [-0.3, -0.25) is 4.90 Å². The van der Waals surface area contributed by atoms with Crippen molar-refractivity contribution in [2.75, 3.05) is 43.4 Å². The zero-order valence-corrected chi connectivity index (χ0v) is 24.6. The average molecular weight is 599 g/mol. The molecule has 4 aliphatic heterocycles. The van der Waals surface area contributed by atoms with Crippen LogP contribution in [0.3, 0.4) is 0 Å². The van der Waals surface area contributed by atoms with Crippen LogP contribution in [0, 0.1) is 23.1 Å². The smallest absolute Gasteiger partial charge is 0.318 e. The first-order valence-electron chi connectivity index (χ1n) is 15.3. The van der Waals surface area contributed by atoms with Gasteiger partial charge in [0.15, 0.2) is 5.82 Å². The van der Waals surface area contributed by atoms with E-state index in [1.807, 2.05) is 0 Å². The van der Waals surface area contributed by atoms with E-state index in [1.54, 1.807) is 0 Å². The molecule has 1 spiro atoms. The van der Waals surface area contributed by atoms with Gasteiger partial charge in [0.25, 0.3) is 0 Å². The summed E-state index contributed by atoms with van der Waals surface area (Å²) in [5.74, 6) is 0.296. The van der Waals surface area contributed by atoms with Crippen molar-refractivity contribution >= 4 is 23.1 Å². The first kappa shape index (κ1) is 28.1. The summed E-state index contributed by atoms with van der Waals surface area (Å²) in [6.07, 6.45) is 6.44. The topological polar surface area (TPSA) is 101 Å². The molecule has 2 aromatic rings. The van der Waals surface area contributed by atoms with Crippen molar-refractivity contribution in [3.8, 4) is 12.1 Å². The zero-order valence-electron chi connectivity index (χ0n) is 23.8. The van der Waals surface area contributed by atoms with Crippen LogP contribution in [-0.2, 0) is 29.8 Å². The molecular weight excluding hydrogens is 562 g/mol. The summed E-state index contributed by atoms with van der Waals surface area (Å²) < 4.78 is 43.1. The molecule has 11 heteroatoms. The third-order valence-corrected chi connectivity index (χ3v) is 10.6. The summed E-state index contributed by atoms with van der Waals surface area (Å²) in [5.41, 5.74) is 7.62. The molecular formula is C31H37ClF2N6O2. The van der Waals surface area contributed by atoms with Gasteiger partial charge in [-0.2, -0.15) is 15.2 Å². The number of fused-ring (bicyclic) bond motifs is 4. The molecule has 1 aromatic heterocycles. The third-order valence-electron chi connectivity index (χ3n) is 10.2. The lowest BCUT2D eigenvalue weighted by Crippen LogP contribution is -2.44. The van der Waals surface area contributed by atoms with Crippen molar-refractivity contribution < 1.29 is 18.3 Å². The maximum Gasteiger partial charge on any atom is 0.318 e. The third kappa shape index (κ3) is 4.68. The van der Waals surface area contributed by atoms with Crippen LogP contribution in [0.2, 0.25) is 5.02 Å². The summed E-state index contributed by atoms with van der Waals surface area (Å²) in [6, 6.07) is 4.17.